The van der Waals surface area contributed by atoms with Gasteiger partial charge in [0.05, 0.1) is 12.2 Å². The number of hydrogen-bond donors (Lipinski definition) is 1. The highest BCUT2D eigenvalue weighted by molar-refractivity contribution is 5.91. The van der Waals surface area contributed by atoms with Gasteiger partial charge in [-0.05, 0) is 26.0 Å². The number of amides is 1. The van der Waals surface area contributed by atoms with E-state index in [0.717, 1.165) is 21.5 Å². The van der Waals surface area contributed by atoms with Gasteiger partial charge in [-0.15, -0.1) is 0 Å². The predicted octanol–water partition coefficient (Wildman–Crippen LogP) is 1.30. The second-order valence-corrected chi connectivity index (χ2v) is 8.10. The van der Waals surface area contributed by atoms with Gasteiger partial charge < -0.3 is 9.88 Å². The summed E-state index contributed by atoms with van der Waals surface area (Å²) < 4.78 is 41.3. The van der Waals surface area contributed by atoms with Crippen LogP contribution in [0.2, 0.25) is 0 Å². The second-order valence-electron chi connectivity index (χ2n) is 8.10. The lowest BCUT2D eigenvalue weighted by atomic mass is 10.2. The van der Waals surface area contributed by atoms with E-state index in [-0.39, 0.29) is 40.6 Å². The number of nitrogens with one attached hydrogen (secondary N) is 1. The number of fused-ring (bicyclic) bond motifs is 1. The van der Waals surface area contributed by atoms with Crippen molar-refractivity contribution in [3.8, 4) is 11.3 Å². The quantitative estimate of drug-likeness (QED) is 0.404. The molecule has 0 atom stereocenters. The smallest absolute Gasteiger partial charge is 0.313 e. The molecule has 0 aliphatic carbocycles. The number of ketones is 1. The molecule has 0 aliphatic heterocycles. The zero-order chi connectivity index (χ0) is 27.1. The van der Waals surface area contributed by atoms with Crippen LogP contribution in [0.4, 0.5) is 19.0 Å². The largest absolute Gasteiger partial charge is 0.451 e. The maximum atomic E-state index is 13.0. The summed E-state index contributed by atoms with van der Waals surface area (Å²) >= 11 is 0. The van der Waals surface area contributed by atoms with Gasteiger partial charge in [0.2, 0.25) is 11.7 Å². The van der Waals surface area contributed by atoms with Gasteiger partial charge in [-0.1, -0.05) is 6.07 Å². The Labute approximate surface area is 205 Å². The number of aromatic nitrogens is 7. The normalized spacial score (nSPS) is 11.6. The molecule has 4 aromatic rings. The Morgan fingerprint density at radius 3 is 2.32 bits per heavy atom. The highest BCUT2D eigenvalue weighted by Gasteiger charge is 2.34. The summed E-state index contributed by atoms with van der Waals surface area (Å²) in [5.41, 5.74) is -1.02. The summed E-state index contributed by atoms with van der Waals surface area (Å²) in [6.45, 7) is 1.99. The van der Waals surface area contributed by atoms with Crippen LogP contribution in [0.3, 0.4) is 0 Å². The Morgan fingerprint density at radius 2 is 1.70 bits per heavy atom. The fourth-order valence-corrected chi connectivity index (χ4v) is 3.63. The highest BCUT2D eigenvalue weighted by Crippen LogP contribution is 2.26. The van der Waals surface area contributed by atoms with E-state index in [9.17, 15) is 32.3 Å². The van der Waals surface area contributed by atoms with Crippen molar-refractivity contribution in [2.45, 2.75) is 33.1 Å². The van der Waals surface area contributed by atoms with Crippen molar-refractivity contribution in [1.82, 2.24) is 33.6 Å². The summed E-state index contributed by atoms with van der Waals surface area (Å²) in [5.74, 6) is -1.92. The van der Waals surface area contributed by atoms with Crippen LogP contribution in [0, 0.1) is 6.92 Å². The number of carbonyl (C=O) groups is 2. The molecule has 0 aliphatic rings. The average molecular weight is 516 g/mol. The molecule has 12 nitrogen and oxygen atoms in total. The number of nitrogens with zero attached hydrogens (tertiary/aromatic N) is 7. The first-order chi connectivity index (χ1) is 17.4. The molecule has 4 aromatic heterocycles. The van der Waals surface area contributed by atoms with Crippen LogP contribution in [0.1, 0.15) is 18.6 Å². The standard InChI is InChI=1S/C22H19F3N8O4/c1-11(34)9-33-19(36)17-18(31(3)21(33)37)28-12(2)32(17)10-16(35)30-15-6-4-5-14(29-15)13-7-26-20(27-8-13)22(23,24)25/h4-8H,9-10H2,1-3H3,(H,29,30,35). The van der Waals surface area contributed by atoms with Gasteiger partial charge in [-0.3, -0.25) is 23.5 Å². The van der Waals surface area contributed by atoms with E-state index in [4.69, 9.17) is 0 Å². The minimum Gasteiger partial charge on any atom is -0.313 e. The molecule has 0 bridgehead atoms. The molecule has 1 N–H and O–H groups in total. The van der Waals surface area contributed by atoms with Crippen LogP contribution in [0.5, 0.6) is 0 Å². The van der Waals surface area contributed by atoms with Gasteiger partial charge in [0.15, 0.2) is 11.2 Å². The van der Waals surface area contributed by atoms with Crippen molar-refractivity contribution in [3.05, 3.63) is 63.1 Å². The first-order valence-electron chi connectivity index (χ1n) is 10.7. The number of Topliss-reactive ketones (excluding diaryl/α,β-unsaturated/α-hetero) is 1. The molecule has 4 rings (SSSR count). The Morgan fingerprint density at radius 1 is 1.03 bits per heavy atom. The minimum absolute atomic E-state index is 0.0281. The average Bonchev–Trinajstić information content (AvgIpc) is 3.16. The zero-order valence-corrected chi connectivity index (χ0v) is 19.7. The van der Waals surface area contributed by atoms with Crippen molar-refractivity contribution >= 4 is 28.7 Å². The van der Waals surface area contributed by atoms with E-state index in [1.54, 1.807) is 6.92 Å². The van der Waals surface area contributed by atoms with E-state index < -0.39 is 41.5 Å². The van der Waals surface area contributed by atoms with Crippen LogP contribution < -0.4 is 16.6 Å². The van der Waals surface area contributed by atoms with Gasteiger partial charge in [0.25, 0.3) is 5.56 Å². The van der Waals surface area contributed by atoms with Crippen LogP contribution in [0.15, 0.2) is 40.2 Å². The number of carbonyl (C=O) groups excluding carboxylic acids is 2. The minimum atomic E-state index is -4.68. The lowest BCUT2D eigenvalue weighted by Crippen LogP contribution is -2.41. The van der Waals surface area contributed by atoms with E-state index in [2.05, 4.69) is 25.3 Å². The summed E-state index contributed by atoms with van der Waals surface area (Å²) in [4.78, 5) is 65.0. The van der Waals surface area contributed by atoms with Gasteiger partial charge in [0, 0.05) is 25.0 Å². The molecule has 0 radical (unpaired) electrons. The Bertz CT molecular complexity index is 1650. The summed E-state index contributed by atoms with van der Waals surface area (Å²) in [6.07, 6.45) is -2.73. The van der Waals surface area contributed by atoms with E-state index in [1.165, 1.54) is 36.7 Å². The maximum Gasteiger partial charge on any atom is 0.451 e. The molecule has 1 amide bonds. The number of anilines is 1. The fraction of sp³-hybridized carbons (Fsp3) is 0.273. The van der Waals surface area contributed by atoms with Crippen molar-refractivity contribution < 1.29 is 22.8 Å². The highest BCUT2D eigenvalue weighted by atomic mass is 19.4. The Hall–Kier alpha value is -4.69. The Balaban J connectivity index is 1.62. The third-order valence-electron chi connectivity index (χ3n) is 5.32. The topological polar surface area (TPSA) is 147 Å². The molecule has 0 saturated heterocycles. The van der Waals surface area contributed by atoms with Crippen molar-refractivity contribution in [3.63, 3.8) is 0 Å². The molecule has 0 aromatic carbocycles. The SMILES string of the molecule is CC(=O)Cn1c(=O)c2c(nc(C)n2CC(=O)Nc2cccc(-c3cnc(C(F)(F)F)nc3)n2)n(C)c1=O. The summed E-state index contributed by atoms with van der Waals surface area (Å²) in [5, 5.41) is 2.56. The van der Waals surface area contributed by atoms with Crippen molar-refractivity contribution in [2.75, 3.05) is 5.32 Å². The monoisotopic (exact) mass is 516 g/mol. The Kier molecular flexibility index (Phi) is 6.46. The summed E-state index contributed by atoms with van der Waals surface area (Å²) in [6, 6.07) is 4.51. The number of halogens is 3. The van der Waals surface area contributed by atoms with E-state index in [1.807, 2.05) is 0 Å². The van der Waals surface area contributed by atoms with E-state index >= 15 is 0 Å². The number of aryl methyl sites for hydroxylation is 2. The molecule has 192 valence electrons. The molecular formula is C22H19F3N8O4. The fourth-order valence-electron chi connectivity index (χ4n) is 3.63. The third kappa shape index (κ3) is 5.00. The van der Waals surface area contributed by atoms with E-state index in [0.29, 0.717) is 0 Å². The molecule has 0 spiro atoms. The van der Waals surface area contributed by atoms with Gasteiger partial charge >= 0.3 is 11.9 Å². The zero-order valence-electron chi connectivity index (χ0n) is 19.7. The lowest BCUT2D eigenvalue weighted by molar-refractivity contribution is -0.145. The number of rotatable bonds is 6. The first kappa shape index (κ1) is 25.4. The second kappa shape index (κ2) is 9.40. The van der Waals surface area contributed by atoms with Gasteiger partial charge in [-0.25, -0.2) is 24.7 Å². The number of alkyl halides is 3. The lowest BCUT2D eigenvalue weighted by Gasteiger charge is -2.10. The molecule has 37 heavy (non-hydrogen) atoms. The van der Waals surface area contributed by atoms with Crippen molar-refractivity contribution in [1.29, 1.82) is 0 Å². The molecule has 4 heterocycles. The van der Waals surface area contributed by atoms with Gasteiger partial charge in [-0.2, -0.15) is 13.2 Å². The molecule has 0 unspecified atom stereocenters. The molecular weight excluding hydrogens is 497 g/mol. The summed E-state index contributed by atoms with van der Waals surface area (Å²) in [7, 11) is 1.40. The molecule has 15 heteroatoms. The number of pyridine rings is 1. The van der Waals surface area contributed by atoms with Crippen LogP contribution in [0.25, 0.3) is 22.4 Å². The van der Waals surface area contributed by atoms with Crippen LogP contribution in [-0.2, 0) is 35.9 Å². The van der Waals surface area contributed by atoms with Crippen LogP contribution >= 0.6 is 0 Å². The third-order valence-corrected chi connectivity index (χ3v) is 5.32. The van der Waals surface area contributed by atoms with Crippen LogP contribution in [-0.4, -0.2) is 45.3 Å². The van der Waals surface area contributed by atoms with Gasteiger partial charge in [0.1, 0.15) is 24.0 Å². The number of hydrogen-bond acceptors (Lipinski definition) is 8. The maximum absolute atomic E-state index is 13.0. The first-order valence-corrected chi connectivity index (χ1v) is 10.7. The predicted molar refractivity (Wildman–Crippen MR) is 124 cm³/mol. The molecule has 0 saturated carbocycles. The van der Waals surface area contributed by atoms with Crippen molar-refractivity contribution in [2.24, 2.45) is 7.05 Å². The molecule has 0 fully saturated rings. The number of imidazole rings is 1.